The van der Waals surface area contributed by atoms with Gasteiger partial charge in [-0.05, 0) is 50.8 Å². The van der Waals surface area contributed by atoms with Crippen molar-refractivity contribution >= 4 is 16.1 Å². The van der Waals surface area contributed by atoms with E-state index >= 15 is 0 Å². The van der Waals surface area contributed by atoms with Crippen molar-refractivity contribution in [3.63, 3.8) is 0 Å². The Morgan fingerprint density at radius 3 is 2.37 bits per heavy atom. The molecule has 0 aromatic heterocycles. The van der Waals surface area contributed by atoms with E-state index in [2.05, 4.69) is 12.2 Å². The molecule has 1 saturated carbocycles. The third kappa shape index (κ3) is 6.72. The monoisotopic (exact) mass is 396 g/mol. The number of carbonyl (C=O) groups is 1. The van der Waals surface area contributed by atoms with Crippen LogP contribution in [0.2, 0.25) is 0 Å². The van der Waals surface area contributed by atoms with Gasteiger partial charge in [0.05, 0.1) is 5.75 Å². The average molecular weight is 397 g/mol. The van der Waals surface area contributed by atoms with Gasteiger partial charge in [-0.2, -0.15) is 8.42 Å². The lowest BCUT2D eigenvalue weighted by molar-refractivity contribution is 0.166. The highest BCUT2D eigenvalue weighted by Crippen LogP contribution is 2.20. The Labute approximate surface area is 163 Å². The molecule has 1 aromatic carbocycles. The summed E-state index contributed by atoms with van der Waals surface area (Å²) in [4.78, 5) is 14.7. The predicted octanol–water partition coefficient (Wildman–Crippen LogP) is 4.06. The second kappa shape index (κ2) is 9.97. The molecule has 0 heterocycles. The third-order valence-electron chi connectivity index (χ3n) is 5.17. The Morgan fingerprint density at radius 1 is 1.19 bits per heavy atom. The molecule has 0 bridgehead atoms. The van der Waals surface area contributed by atoms with Crippen molar-refractivity contribution in [2.24, 2.45) is 0 Å². The molecule has 0 saturated heterocycles. The largest absolute Gasteiger partial charge is 0.382 e. The SMILES string of the molecule is CCC(C)N(Cc1ccc(OS(=O)(=O)CC)cc1)C(=O)NC1CCCCC1. The van der Waals surface area contributed by atoms with Gasteiger partial charge in [0.2, 0.25) is 0 Å². The summed E-state index contributed by atoms with van der Waals surface area (Å²) in [6, 6.07) is 7.25. The summed E-state index contributed by atoms with van der Waals surface area (Å²) in [6.45, 7) is 6.14. The summed E-state index contributed by atoms with van der Waals surface area (Å²) in [5.74, 6) is 0.222. The van der Waals surface area contributed by atoms with Gasteiger partial charge in [-0.15, -0.1) is 0 Å². The molecule has 2 rings (SSSR count). The van der Waals surface area contributed by atoms with Crippen molar-refractivity contribution in [1.82, 2.24) is 10.2 Å². The van der Waals surface area contributed by atoms with Crippen LogP contribution >= 0.6 is 0 Å². The van der Waals surface area contributed by atoms with Gasteiger partial charge in [0.25, 0.3) is 0 Å². The Balaban J connectivity index is 2.03. The molecule has 1 aliphatic carbocycles. The van der Waals surface area contributed by atoms with E-state index in [1.165, 1.54) is 19.3 Å². The van der Waals surface area contributed by atoms with Gasteiger partial charge < -0.3 is 14.4 Å². The average Bonchev–Trinajstić information content (AvgIpc) is 2.67. The number of rotatable bonds is 8. The minimum atomic E-state index is -3.53. The highest BCUT2D eigenvalue weighted by Gasteiger charge is 2.23. The molecule has 1 aliphatic rings. The molecule has 6 nitrogen and oxygen atoms in total. The Morgan fingerprint density at radius 2 is 1.81 bits per heavy atom. The molecule has 0 spiro atoms. The van der Waals surface area contributed by atoms with Gasteiger partial charge in [0.15, 0.2) is 0 Å². The number of nitrogens with one attached hydrogen (secondary N) is 1. The molecule has 0 aliphatic heterocycles. The number of benzene rings is 1. The maximum atomic E-state index is 12.8. The molecule has 1 aromatic rings. The van der Waals surface area contributed by atoms with Gasteiger partial charge in [0, 0.05) is 18.6 Å². The van der Waals surface area contributed by atoms with Crippen molar-refractivity contribution in [2.45, 2.75) is 77.9 Å². The fraction of sp³-hybridized carbons (Fsp3) is 0.650. The Hall–Kier alpha value is -1.76. The van der Waals surface area contributed by atoms with Gasteiger partial charge in [-0.25, -0.2) is 4.79 Å². The molecule has 0 radical (unpaired) electrons. The standard InChI is InChI=1S/C20H32N2O4S/c1-4-16(3)22(20(23)21-18-9-7-6-8-10-18)15-17-11-13-19(14-12-17)26-27(24,25)5-2/h11-14,16,18H,4-10,15H2,1-3H3,(H,21,23). The predicted molar refractivity (Wildman–Crippen MR) is 107 cm³/mol. The molecular weight excluding hydrogens is 364 g/mol. The minimum absolute atomic E-state index is 0.0230. The first-order chi connectivity index (χ1) is 12.8. The number of nitrogens with zero attached hydrogens (tertiary/aromatic N) is 1. The van der Waals surface area contributed by atoms with Crippen molar-refractivity contribution < 1.29 is 17.4 Å². The summed E-state index contributed by atoms with van der Waals surface area (Å²) in [7, 11) is -3.53. The number of carbonyl (C=O) groups excluding carboxylic acids is 1. The molecule has 27 heavy (non-hydrogen) atoms. The van der Waals surface area contributed by atoms with Crippen LogP contribution in [0.5, 0.6) is 5.75 Å². The molecule has 152 valence electrons. The normalized spacial score (nSPS) is 16.6. The number of hydrogen-bond donors (Lipinski definition) is 1. The zero-order valence-corrected chi connectivity index (χ0v) is 17.4. The Bertz CT molecular complexity index is 697. The van der Waals surface area contributed by atoms with Crippen LogP contribution in [-0.4, -0.2) is 37.2 Å². The first-order valence-corrected chi connectivity index (χ1v) is 11.5. The fourth-order valence-electron chi connectivity index (χ4n) is 3.21. The van der Waals surface area contributed by atoms with Crippen LogP contribution in [0.1, 0.15) is 64.9 Å². The second-order valence-electron chi connectivity index (χ2n) is 7.24. The zero-order chi connectivity index (χ0) is 19.9. The lowest BCUT2D eigenvalue weighted by Gasteiger charge is -2.32. The second-order valence-corrected chi connectivity index (χ2v) is 9.10. The maximum absolute atomic E-state index is 12.8. The van der Waals surface area contributed by atoms with Gasteiger partial charge >= 0.3 is 16.1 Å². The van der Waals surface area contributed by atoms with E-state index in [9.17, 15) is 13.2 Å². The van der Waals surface area contributed by atoms with Crippen LogP contribution in [-0.2, 0) is 16.7 Å². The lowest BCUT2D eigenvalue weighted by atomic mass is 9.96. The van der Waals surface area contributed by atoms with Crippen LogP contribution in [0, 0.1) is 0 Å². The van der Waals surface area contributed by atoms with Crippen LogP contribution < -0.4 is 9.50 Å². The molecule has 1 unspecified atom stereocenters. The topological polar surface area (TPSA) is 75.7 Å². The number of hydrogen-bond acceptors (Lipinski definition) is 4. The van der Waals surface area contributed by atoms with Gasteiger partial charge in [-0.1, -0.05) is 38.3 Å². The Kier molecular flexibility index (Phi) is 7.95. The molecule has 2 amide bonds. The summed E-state index contributed by atoms with van der Waals surface area (Å²) >= 11 is 0. The first kappa shape index (κ1) is 21.5. The van der Waals surface area contributed by atoms with E-state index in [-0.39, 0.29) is 23.9 Å². The summed E-state index contributed by atoms with van der Waals surface area (Å²) < 4.78 is 28.1. The third-order valence-corrected chi connectivity index (χ3v) is 6.32. The maximum Gasteiger partial charge on any atom is 0.318 e. The van der Waals surface area contributed by atoms with Crippen molar-refractivity contribution in [3.8, 4) is 5.75 Å². The first-order valence-electron chi connectivity index (χ1n) is 9.92. The van der Waals surface area contributed by atoms with Crippen molar-refractivity contribution in [3.05, 3.63) is 29.8 Å². The molecule has 1 fully saturated rings. The van der Waals surface area contributed by atoms with Crippen LogP contribution in [0.4, 0.5) is 4.79 Å². The fourth-order valence-corrected chi connectivity index (χ4v) is 3.73. The molecule has 7 heteroatoms. The van der Waals surface area contributed by atoms with E-state index in [4.69, 9.17) is 4.18 Å². The highest BCUT2D eigenvalue weighted by atomic mass is 32.2. The van der Waals surface area contributed by atoms with E-state index in [1.807, 2.05) is 24.0 Å². The molecular formula is C20H32N2O4S. The van der Waals surface area contributed by atoms with Crippen molar-refractivity contribution in [2.75, 3.05) is 5.75 Å². The number of urea groups is 1. The minimum Gasteiger partial charge on any atom is -0.382 e. The highest BCUT2D eigenvalue weighted by molar-refractivity contribution is 7.87. The quantitative estimate of drug-likeness (QED) is 0.673. The van der Waals surface area contributed by atoms with Crippen LogP contribution in [0.25, 0.3) is 0 Å². The summed E-state index contributed by atoms with van der Waals surface area (Å²) in [5, 5.41) is 3.19. The number of amides is 2. The van der Waals surface area contributed by atoms with E-state index in [1.54, 1.807) is 19.1 Å². The molecule has 1 atom stereocenters. The summed E-state index contributed by atoms with van der Waals surface area (Å²) in [5.41, 5.74) is 0.940. The molecule has 1 N–H and O–H groups in total. The van der Waals surface area contributed by atoms with Crippen LogP contribution in [0.3, 0.4) is 0 Å². The summed E-state index contributed by atoms with van der Waals surface area (Å²) in [6.07, 6.45) is 6.58. The van der Waals surface area contributed by atoms with Crippen LogP contribution in [0.15, 0.2) is 24.3 Å². The van der Waals surface area contributed by atoms with E-state index in [0.29, 0.717) is 12.3 Å². The zero-order valence-electron chi connectivity index (χ0n) is 16.6. The smallest absolute Gasteiger partial charge is 0.318 e. The lowest BCUT2D eigenvalue weighted by Crippen LogP contribution is -2.48. The van der Waals surface area contributed by atoms with E-state index in [0.717, 1.165) is 24.8 Å². The van der Waals surface area contributed by atoms with E-state index < -0.39 is 10.1 Å². The van der Waals surface area contributed by atoms with Crippen molar-refractivity contribution in [1.29, 1.82) is 0 Å². The van der Waals surface area contributed by atoms with Gasteiger partial charge in [-0.3, -0.25) is 0 Å². The van der Waals surface area contributed by atoms with Gasteiger partial charge in [0.1, 0.15) is 5.75 Å².